The molecule has 0 saturated carbocycles. The molecule has 1 nitrogen and oxygen atoms in total. The number of hydrogen-bond donors (Lipinski definition) is 1. The summed E-state index contributed by atoms with van der Waals surface area (Å²) >= 11 is 0. The minimum Gasteiger partial charge on any atom is -0.392 e. The van der Waals surface area contributed by atoms with Crippen LogP contribution in [-0.4, -0.2) is 11.2 Å². The lowest BCUT2D eigenvalue weighted by Gasteiger charge is -2.36. The number of aliphatic hydroxyl groups is 1. The van der Waals surface area contributed by atoms with Gasteiger partial charge in [0.25, 0.3) is 0 Å². The van der Waals surface area contributed by atoms with Gasteiger partial charge in [-0.05, 0) is 24.2 Å². The van der Waals surface area contributed by atoms with Gasteiger partial charge in [0, 0.05) is 0 Å². The molecule has 0 heterocycles. The molecular formula is C11H24O. The van der Waals surface area contributed by atoms with Crippen LogP contribution in [0.25, 0.3) is 0 Å². The van der Waals surface area contributed by atoms with Gasteiger partial charge in [-0.15, -0.1) is 0 Å². The van der Waals surface area contributed by atoms with Crippen molar-refractivity contribution in [3.63, 3.8) is 0 Å². The van der Waals surface area contributed by atoms with Gasteiger partial charge in [-0.1, -0.05) is 41.0 Å². The van der Waals surface area contributed by atoms with Gasteiger partial charge in [0.2, 0.25) is 0 Å². The smallest absolute Gasteiger partial charge is 0.0618 e. The SMILES string of the molecule is CCC(C)C(O)C(C)(CC)CC. The molecule has 0 aliphatic heterocycles. The molecule has 0 fully saturated rings. The summed E-state index contributed by atoms with van der Waals surface area (Å²) in [6, 6.07) is 0. The van der Waals surface area contributed by atoms with Crippen LogP contribution in [-0.2, 0) is 0 Å². The Kier molecular flexibility index (Phi) is 4.84. The molecule has 12 heavy (non-hydrogen) atoms. The van der Waals surface area contributed by atoms with Crippen molar-refractivity contribution in [1.29, 1.82) is 0 Å². The average molecular weight is 172 g/mol. The van der Waals surface area contributed by atoms with E-state index in [1.165, 1.54) is 0 Å². The van der Waals surface area contributed by atoms with E-state index < -0.39 is 0 Å². The third kappa shape index (κ3) is 2.48. The van der Waals surface area contributed by atoms with Crippen LogP contribution in [0.4, 0.5) is 0 Å². The molecule has 0 amide bonds. The van der Waals surface area contributed by atoms with Crippen LogP contribution in [0.3, 0.4) is 0 Å². The zero-order valence-corrected chi connectivity index (χ0v) is 9.22. The predicted molar refractivity (Wildman–Crippen MR) is 54.2 cm³/mol. The molecule has 0 saturated heterocycles. The summed E-state index contributed by atoms with van der Waals surface area (Å²) < 4.78 is 0. The number of rotatable bonds is 5. The largest absolute Gasteiger partial charge is 0.392 e. The van der Waals surface area contributed by atoms with Crippen molar-refractivity contribution in [1.82, 2.24) is 0 Å². The fourth-order valence-corrected chi connectivity index (χ4v) is 1.58. The van der Waals surface area contributed by atoms with Crippen LogP contribution in [0.5, 0.6) is 0 Å². The molecule has 0 spiro atoms. The Bertz CT molecular complexity index is 116. The van der Waals surface area contributed by atoms with E-state index in [0.29, 0.717) is 5.92 Å². The zero-order chi connectivity index (χ0) is 9.78. The molecule has 0 bridgehead atoms. The molecule has 0 aromatic heterocycles. The van der Waals surface area contributed by atoms with Gasteiger partial charge in [0.15, 0.2) is 0 Å². The maximum atomic E-state index is 10.0. The standard InChI is InChI=1S/C11H24O/c1-6-9(4)10(12)11(5,7-2)8-3/h9-10,12H,6-8H2,1-5H3. The van der Waals surface area contributed by atoms with Crippen molar-refractivity contribution in [2.24, 2.45) is 11.3 Å². The summed E-state index contributed by atoms with van der Waals surface area (Å²) in [5.41, 5.74) is 0.120. The monoisotopic (exact) mass is 172 g/mol. The molecule has 1 heteroatoms. The average Bonchev–Trinajstić information content (AvgIpc) is 2.14. The first-order chi connectivity index (χ1) is 5.51. The third-order valence-corrected chi connectivity index (χ3v) is 3.51. The van der Waals surface area contributed by atoms with Gasteiger partial charge < -0.3 is 5.11 Å². The van der Waals surface area contributed by atoms with E-state index in [1.807, 2.05) is 0 Å². The second-order valence-electron chi connectivity index (χ2n) is 4.19. The Balaban J connectivity index is 4.29. The summed E-state index contributed by atoms with van der Waals surface area (Å²) in [5, 5.41) is 10.0. The van der Waals surface area contributed by atoms with Crippen molar-refractivity contribution in [3.8, 4) is 0 Å². The molecule has 0 rings (SSSR count). The lowest BCUT2D eigenvalue weighted by Crippen LogP contribution is -2.36. The first-order valence-electron chi connectivity index (χ1n) is 5.19. The van der Waals surface area contributed by atoms with Gasteiger partial charge in [0.05, 0.1) is 6.10 Å². The lowest BCUT2D eigenvalue weighted by molar-refractivity contribution is -0.00984. The van der Waals surface area contributed by atoms with Crippen molar-refractivity contribution in [2.75, 3.05) is 0 Å². The van der Waals surface area contributed by atoms with Gasteiger partial charge in [0.1, 0.15) is 0 Å². The number of hydrogen-bond acceptors (Lipinski definition) is 1. The van der Waals surface area contributed by atoms with Crippen molar-refractivity contribution < 1.29 is 5.11 Å². The fourth-order valence-electron chi connectivity index (χ4n) is 1.58. The van der Waals surface area contributed by atoms with E-state index in [2.05, 4.69) is 34.6 Å². The Morgan fingerprint density at radius 2 is 1.58 bits per heavy atom. The first kappa shape index (κ1) is 12.0. The van der Waals surface area contributed by atoms with Gasteiger partial charge >= 0.3 is 0 Å². The van der Waals surface area contributed by atoms with Gasteiger partial charge in [-0.2, -0.15) is 0 Å². The Morgan fingerprint density at radius 1 is 1.17 bits per heavy atom. The van der Waals surface area contributed by atoms with E-state index in [-0.39, 0.29) is 11.5 Å². The van der Waals surface area contributed by atoms with E-state index in [4.69, 9.17) is 0 Å². The highest BCUT2D eigenvalue weighted by Gasteiger charge is 2.32. The highest BCUT2D eigenvalue weighted by Crippen LogP contribution is 2.34. The normalized spacial score (nSPS) is 17.5. The molecule has 1 N–H and O–H groups in total. The summed E-state index contributed by atoms with van der Waals surface area (Å²) in [5.74, 6) is 0.426. The predicted octanol–water partition coefficient (Wildman–Crippen LogP) is 3.22. The topological polar surface area (TPSA) is 20.2 Å². The van der Waals surface area contributed by atoms with Crippen molar-refractivity contribution in [2.45, 2.75) is 60.0 Å². The lowest BCUT2D eigenvalue weighted by atomic mass is 9.74. The summed E-state index contributed by atoms with van der Waals surface area (Å²) in [7, 11) is 0. The van der Waals surface area contributed by atoms with Crippen LogP contribution in [0.2, 0.25) is 0 Å². The van der Waals surface area contributed by atoms with E-state index in [1.54, 1.807) is 0 Å². The Hall–Kier alpha value is -0.0400. The molecule has 2 atom stereocenters. The molecule has 0 aliphatic carbocycles. The van der Waals surface area contributed by atoms with Crippen molar-refractivity contribution in [3.05, 3.63) is 0 Å². The molecular weight excluding hydrogens is 148 g/mol. The highest BCUT2D eigenvalue weighted by molar-refractivity contribution is 4.82. The van der Waals surface area contributed by atoms with E-state index in [0.717, 1.165) is 19.3 Å². The summed E-state index contributed by atoms with van der Waals surface area (Å²) in [4.78, 5) is 0. The maximum Gasteiger partial charge on any atom is 0.0618 e. The highest BCUT2D eigenvalue weighted by atomic mass is 16.3. The summed E-state index contributed by atoms with van der Waals surface area (Å²) in [6.45, 7) is 10.8. The minimum absolute atomic E-state index is 0.120. The molecule has 0 aromatic carbocycles. The second-order valence-corrected chi connectivity index (χ2v) is 4.19. The van der Waals surface area contributed by atoms with Crippen LogP contribution >= 0.6 is 0 Å². The molecule has 74 valence electrons. The zero-order valence-electron chi connectivity index (χ0n) is 9.22. The summed E-state index contributed by atoms with van der Waals surface area (Å²) in [6.07, 6.45) is 3.05. The van der Waals surface area contributed by atoms with E-state index >= 15 is 0 Å². The molecule has 0 aliphatic rings. The molecule has 0 radical (unpaired) electrons. The molecule has 0 aromatic rings. The second kappa shape index (κ2) is 4.86. The van der Waals surface area contributed by atoms with Crippen LogP contribution in [0, 0.1) is 11.3 Å². The third-order valence-electron chi connectivity index (χ3n) is 3.51. The van der Waals surface area contributed by atoms with Crippen LogP contribution in [0.15, 0.2) is 0 Å². The maximum absolute atomic E-state index is 10.0. The fraction of sp³-hybridized carbons (Fsp3) is 1.00. The minimum atomic E-state index is -0.141. The first-order valence-corrected chi connectivity index (χ1v) is 5.19. The Morgan fingerprint density at radius 3 is 1.83 bits per heavy atom. The quantitative estimate of drug-likeness (QED) is 0.675. The Labute approximate surface area is 77.2 Å². The van der Waals surface area contributed by atoms with Gasteiger partial charge in [-0.25, -0.2) is 0 Å². The van der Waals surface area contributed by atoms with Crippen LogP contribution < -0.4 is 0 Å². The van der Waals surface area contributed by atoms with Crippen molar-refractivity contribution >= 4 is 0 Å². The molecule has 2 unspecified atom stereocenters. The van der Waals surface area contributed by atoms with E-state index in [9.17, 15) is 5.11 Å². The van der Waals surface area contributed by atoms with Gasteiger partial charge in [-0.3, -0.25) is 0 Å². The van der Waals surface area contributed by atoms with Crippen LogP contribution in [0.1, 0.15) is 53.9 Å². The number of aliphatic hydroxyl groups excluding tert-OH is 1.